The van der Waals surface area contributed by atoms with Gasteiger partial charge in [-0.15, -0.1) is 0 Å². The van der Waals surface area contributed by atoms with Crippen LogP contribution in [0.1, 0.15) is 72.1 Å². The summed E-state index contributed by atoms with van der Waals surface area (Å²) in [6.07, 6.45) is 9.84. The Morgan fingerprint density at radius 3 is 2.16 bits per heavy atom. The second-order valence-corrected chi connectivity index (χ2v) is 5.79. The van der Waals surface area contributed by atoms with Gasteiger partial charge in [-0.05, 0) is 18.9 Å². The highest BCUT2D eigenvalue weighted by molar-refractivity contribution is 5.75. The van der Waals surface area contributed by atoms with Gasteiger partial charge in [0, 0.05) is 0 Å². The number of methoxy groups -OCH3 is 1. The maximum atomic E-state index is 11.6. The summed E-state index contributed by atoms with van der Waals surface area (Å²) in [4.78, 5) is 11.6. The Bertz CT molecular complexity index is 217. The molecule has 0 fully saturated rings. The molecule has 0 radical (unpaired) electrons. The normalized spacial score (nSPS) is 12.7. The van der Waals surface area contributed by atoms with Crippen LogP contribution in [0.5, 0.6) is 0 Å². The first-order chi connectivity index (χ1) is 9.11. The highest BCUT2D eigenvalue weighted by Crippen LogP contribution is 2.10. The largest absolute Gasteiger partial charge is 0.468 e. The molecule has 19 heavy (non-hydrogen) atoms. The summed E-state index contributed by atoms with van der Waals surface area (Å²) in [7, 11) is 1.47. The number of carbonyl (C=O) groups is 1. The van der Waals surface area contributed by atoms with Crippen LogP contribution in [0.15, 0.2) is 0 Å². The van der Waals surface area contributed by atoms with Crippen LogP contribution in [0, 0.1) is 5.92 Å². The van der Waals surface area contributed by atoms with Crippen LogP contribution in [0.4, 0.5) is 0 Å². The molecule has 0 aliphatic heterocycles. The van der Waals surface area contributed by atoms with Crippen molar-refractivity contribution in [2.24, 2.45) is 5.92 Å². The lowest BCUT2D eigenvalue weighted by atomic mass is 10.0. The monoisotopic (exact) mass is 271 g/mol. The van der Waals surface area contributed by atoms with Crippen molar-refractivity contribution in [2.45, 2.75) is 78.2 Å². The predicted octanol–water partition coefficient (Wildman–Crippen LogP) is 3.91. The third kappa shape index (κ3) is 11.0. The zero-order valence-electron chi connectivity index (χ0n) is 13.3. The maximum absolute atomic E-state index is 11.6. The Morgan fingerprint density at radius 1 is 1.05 bits per heavy atom. The number of ether oxygens (including phenoxy) is 1. The lowest BCUT2D eigenvalue weighted by molar-refractivity contribution is -0.143. The molecule has 0 aromatic heterocycles. The van der Waals surface area contributed by atoms with Gasteiger partial charge in [0.15, 0.2) is 0 Å². The van der Waals surface area contributed by atoms with Gasteiger partial charge in [-0.3, -0.25) is 4.79 Å². The van der Waals surface area contributed by atoms with Crippen molar-refractivity contribution in [3.05, 3.63) is 0 Å². The summed E-state index contributed by atoms with van der Waals surface area (Å²) in [5, 5.41) is 3.31. The van der Waals surface area contributed by atoms with E-state index in [1.807, 2.05) is 0 Å². The fraction of sp³-hybridized carbons (Fsp3) is 0.938. The molecule has 0 rings (SSSR count). The third-order valence-corrected chi connectivity index (χ3v) is 3.35. The fourth-order valence-corrected chi connectivity index (χ4v) is 2.13. The smallest absolute Gasteiger partial charge is 0.322 e. The van der Waals surface area contributed by atoms with E-state index in [9.17, 15) is 4.79 Å². The maximum Gasteiger partial charge on any atom is 0.322 e. The molecule has 114 valence electrons. The molecule has 0 bridgehead atoms. The molecular weight excluding hydrogens is 238 g/mol. The molecule has 1 atom stereocenters. The molecule has 0 aromatic carbocycles. The quantitative estimate of drug-likeness (QED) is 0.432. The van der Waals surface area contributed by atoms with E-state index >= 15 is 0 Å². The van der Waals surface area contributed by atoms with Gasteiger partial charge in [-0.25, -0.2) is 0 Å². The minimum atomic E-state index is -0.122. The van der Waals surface area contributed by atoms with E-state index in [4.69, 9.17) is 4.74 Å². The number of esters is 1. The van der Waals surface area contributed by atoms with E-state index in [1.54, 1.807) is 0 Å². The molecule has 0 amide bonds. The molecule has 1 unspecified atom stereocenters. The zero-order chi connectivity index (χ0) is 14.5. The van der Waals surface area contributed by atoms with E-state index in [2.05, 4.69) is 26.1 Å². The van der Waals surface area contributed by atoms with Crippen LogP contribution < -0.4 is 5.32 Å². The first-order valence-electron chi connectivity index (χ1n) is 7.93. The molecule has 0 spiro atoms. The van der Waals surface area contributed by atoms with Gasteiger partial charge in [-0.2, -0.15) is 0 Å². The average Bonchev–Trinajstić information content (AvgIpc) is 2.40. The molecule has 0 aliphatic carbocycles. The van der Waals surface area contributed by atoms with Crippen LogP contribution in [-0.4, -0.2) is 25.7 Å². The molecule has 0 aromatic rings. The van der Waals surface area contributed by atoms with Crippen molar-refractivity contribution in [3.63, 3.8) is 0 Å². The Kier molecular flexibility index (Phi) is 12.1. The van der Waals surface area contributed by atoms with Gasteiger partial charge in [0.2, 0.25) is 0 Å². The van der Waals surface area contributed by atoms with Gasteiger partial charge < -0.3 is 10.1 Å². The van der Waals surface area contributed by atoms with Gasteiger partial charge in [0.05, 0.1) is 7.11 Å². The number of rotatable bonds is 12. The summed E-state index contributed by atoms with van der Waals surface area (Å²) in [5.74, 6) is 0.438. The van der Waals surface area contributed by atoms with E-state index < -0.39 is 0 Å². The number of hydrogen-bond donors (Lipinski definition) is 1. The summed E-state index contributed by atoms with van der Waals surface area (Å²) >= 11 is 0. The predicted molar refractivity (Wildman–Crippen MR) is 81.3 cm³/mol. The van der Waals surface area contributed by atoms with Crippen LogP contribution in [0.2, 0.25) is 0 Å². The first-order valence-corrected chi connectivity index (χ1v) is 7.93. The Balaban J connectivity index is 3.71. The lowest BCUT2D eigenvalue weighted by Gasteiger charge is -2.17. The molecule has 0 aliphatic rings. The average molecular weight is 271 g/mol. The van der Waals surface area contributed by atoms with Crippen molar-refractivity contribution in [3.8, 4) is 0 Å². The molecule has 0 heterocycles. The minimum Gasteiger partial charge on any atom is -0.468 e. The highest BCUT2D eigenvalue weighted by atomic mass is 16.5. The Morgan fingerprint density at radius 2 is 1.63 bits per heavy atom. The Hall–Kier alpha value is -0.570. The SMILES string of the molecule is CCCCCCCCCC(NCC(C)C)C(=O)OC. The lowest BCUT2D eigenvalue weighted by Crippen LogP contribution is -2.39. The summed E-state index contributed by atoms with van der Waals surface area (Å²) < 4.78 is 4.85. The fourth-order valence-electron chi connectivity index (χ4n) is 2.13. The Labute approximate surface area is 119 Å². The van der Waals surface area contributed by atoms with E-state index in [-0.39, 0.29) is 12.0 Å². The second kappa shape index (κ2) is 12.5. The van der Waals surface area contributed by atoms with E-state index in [1.165, 1.54) is 45.6 Å². The van der Waals surface area contributed by atoms with Crippen molar-refractivity contribution >= 4 is 5.97 Å². The van der Waals surface area contributed by atoms with Crippen molar-refractivity contribution < 1.29 is 9.53 Å². The standard InChI is InChI=1S/C16H33NO2/c1-5-6-7-8-9-10-11-12-15(16(18)19-4)17-13-14(2)3/h14-15,17H,5-13H2,1-4H3. The zero-order valence-corrected chi connectivity index (χ0v) is 13.3. The van der Waals surface area contributed by atoms with Crippen LogP contribution in [0.3, 0.4) is 0 Å². The van der Waals surface area contributed by atoms with Gasteiger partial charge >= 0.3 is 5.97 Å². The van der Waals surface area contributed by atoms with Gasteiger partial charge in [0.1, 0.15) is 6.04 Å². The number of nitrogens with one attached hydrogen (secondary N) is 1. The molecular formula is C16H33NO2. The van der Waals surface area contributed by atoms with Gasteiger partial charge in [-0.1, -0.05) is 65.7 Å². The van der Waals surface area contributed by atoms with Crippen molar-refractivity contribution in [1.29, 1.82) is 0 Å². The van der Waals surface area contributed by atoms with Crippen LogP contribution >= 0.6 is 0 Å². The van der Waals surface area contributed by atoms with E-state index in [0.717, 1.165) is 19.4 Å². The number of carbonyl (C=O) groups excluding carboxylic acids is 1. The van der Waals surface area contributed by atoms with Crippen LogP contribution in [0.25, 0.3) is 0 Å². The summed E-state index contributed by atoms with van der Waals surface area (Å²) in [6.45, 7) is 7.40. The highest BCUT2D eigenvalue weighted by Gasteiger charge is 2.17. The summed E-state index contributed by atoms with van der Waals surface area (Å²) in [5.41, 5.74) is 0. The summed E-state index contributed by atoms with van der Waals surface area (Å²) in [6, 6.07) is -0.122. The molecule has 3 heteroatoms. The number of hydrogen-bond acceptors (Lipinski definition) is 3. The first kappa shape index (κ1) is 18.4. The molecule has 1 N–H and O–H groups in total. The molecule has 0 saturated carbocycles. The van der Waals surface area contributed by atoms with Crippen LogP contribution in [-0.2, 0) is 9.53 Å². The third-order valence-electron chi connectivity index (χ3n) is 3.35. The van der Waals surface area contributed by atoms with Gasteiger partial charge in [0.25, 0.3) is 0 Å². The number of unbranched alkanes of at least 4 members (excludes halogenated alkanes) is 6. The minimum absolute atomic E-state index is 0.119. The van der Waals surface area contributed by atoms with E-state index in [0.29, 0.717) is 5.92 Å². The topological polar surface area (TPSA) is 38.3 Å². The second-order valence-electron chi connectivity index (χ2n) is 5.79. The van der Waals surface area contributed by atoms with Crippen molar-refractivity contribution in [1.82, 2.24) is 5.32 Å². The molecule has 0 saturated heterocycles. The molecule has 3 nitrogen and oxygen atoms in total. The van der Waals surface area contributed by atoms with Crippen molar-refractivity contribution in [2.75, 3.05) is 13.7 Å².